The van der Waals surface area contributed by atoms with Gasteiger partial charge in [0.15, 0.2) is 0 Å². The summed E-state index contributed by atoms with van der Waals surface area (Å²) in [6.07, 6.45) is -2.97. The highest BCUT2D eigenvalue weighted by Crippen LogP contribution is 2.31. The summed E-state index contributed by atoms with van der Waals surface area (Å²) in [6.45, 7) is -0.736. The Morgan fingerprint density at radius 3 is 2.46 bits per heavy atom. The Labute approximate surface area is 158 Å². The van der Waals surface area contributed by atoms with E-state index in [1.807, 2.05) is 5.43 Å². The molecule has 0 aliphatic heterocycles. The van der Waals surface area contributed by atoms with Gasteiger partial charge in [-0.15, -0.1) is 0 Å². The molecule has 0 bridgehead atoms. The molecule has 0 fully saturated rings. The van der Waals surface area contributed by atoms with Crippen molar-refractivity contribution < 1.29 is 30.8 Å². The molecule has 0 spiro atoms. The number of nitrogens with zero attached hydrogens (tertiary/aromatic N) is 2. The SMILES string of the molecule is CS(=O)(=O)N(CC(=O)N/N=C\c1ccccc1C(F)(F)F)c1cccc(F)c1. The van der Waals surface area contributed by atoms with Crippen molar-refractivity contribution >= 4 is 27.8 Å². The monoisotopic (exact) mass is 417 g/mol. The first-order valence-electron chi connectivity index (χ1n) is 7.70. The molecule has 150 valence electrons. The van der Waals surface area contributed by atoms with Gasteiger partial charge in [0.25, 0.3) is 5.91 Å². The van der Waals surface area contributed by atoms with Gasteiger partial charge in [-0.3, -0.25) is 9.10 Å². The van der Waals surface area contributed by atoms with Crippen molar-refractivity contribution in [3.63, 3.8) is 0 Å². The van der Waals surface area contributed by atoms with Crippen LogP contribution in [-0.4, -0.2) is 33.3 Å². The molecule has 2 rings (SSSR count). The molecular weight excluding hydrogens is 402 g/mol. The summed E-state index contributed by atoms with van der Waals surface area (Å²) in [6, 6.07) is 9.19. The van der Waals surface area contributed by atoms with Gasteiger partial charge >= 0.3 is 6.18 Å². The Bertz CT molecular complexity index is 991. The number of hydrazone groups is 1. The van der Waals surface area contributed by atoms with Crippen molar-refractivity contribution in [2.75, 3.05) is 17.1 Å². The first kappa shape index (κ1) is 21.4. The quantitative estimate of drug-likeness (QED) is 0.446. The number of amides is 1. The highest BCUT2D eigenvalue weighted by atomic mass is 32.2. The molecule has 0 aliphatic rings. The summed E-state index contributed by atoms with van der Waals surface area (Å²) in [5, 5.41) is 3.44. The molecule has 0 heterocycles. The van der Waals surface area contributed by atoms with Gasteiger partial charge in [0.05, 0.1) is 23.7 Å². The smallest absolute Gasteiger partial charge is 0.271 e. The van der Waals surface area contributed by atoms with Gasteiger partial charge < -0.3 is 0 Å². The number of sulfonamides is 1. The number of carbonyl (C=O) groups excluding carboxylic acids is 1. The standard InChI is InChI=1S/C17H15F4N3O3S/c1-28(26,27)24(14-7-4-6-13(18)9-14)11-16(25)23-22-10-12-5-2-3-8-15(12)17(19,20)21/h2-10H,11H2,1H3,(H,23,25)/b22-10-. The maximum atomic E-state index is 13.3. The first-order valence-corrected chi connectivity index (χ1v) is 9.55. The van der Waals surface area contributed by atoms with E-state index in [-0.39, 0.29) is 11.3 Å². The van der Waals surface area contributed by atoms with E-state index in [0.717, 1.165) is 36.7 Å². The van der Waals surface area contributed by atoms with E-state index in [2.05, 4.69) is 5.10 Å². The molecule has 11 heteroatoms. The lowest BCUT2D eigenvalue weighted by molar-refractivity contribution is -0.137. The predicted molar refractivity (Wildman–Crippen MR) is 95.8 cm³/mol. The summed E-state index contributed by atoms with van der Waals surface area (Å²) < 4.78 is 76.5. The summed E-state index contributed by atoms with van der Waals surface area (Å²) in [4.78, 5) is 12.0. The van der Waals surface area contributed by atoms with Crippen LogP contribution in [0.5, 0.6) is 0 Å². The number of anilines is 1. The fourth-order valence-corrected chi connectivity index (χ4v) is 3.09. The van der Waals surface area contributed by atoms with E-state index in [9.17, 15) is 30.8 Å². The molecule has 0 aliphatic carbocycles. The lowest BCUT2D eigenvalue weighted by Crippen LogP contribution is -2.39. The Balaban J connectivity index is 2.14. The molecular formula is C17H15F4N3O3S. The number of carbonyl (C=O) groups is 1. The zero-order valence-electron chi connectivity index (χ0n) is 14.4. The van der Waals surface area contributed by atoms with Crippen LogP contribution in [0, 0.1) is 5.82 Å². The maximum Gasteiger partial charge on any atom is 0.417 e. The van der Waals surface area contributed by atoms with Crippen LogP contribution in [0.2, 0.25) is 0 Å². The van der Waals surface area contributed by atoms with Gasteiger partial charge in [0.1, 0.15) is 12.4 Å². The van der Waals surface area contributed by atoms with E-state index in [1.54, 1.807) is 0 Å². The van der Waals surface area contributed by atoms with Crippen LogP contribution in [0.3, 0.4) is 0 Å². The fraction of sp³-hybridized carbons (Fsp3) is 0.176. The number of rotatable bonds is 6. The first-order chi connectivity index (χ1) is 13.0. The van der Waals surface area contributed by atoms with Gasteiger partial charge in [0, 0.05) is 5.56 Å². The van der Waals surface area contributed by atoms with Crippen molar-refractivity contribution in [1.29, 1.82) is 0 Å². The Hall–Kier alpha value is -2.95. The molecule has 0 unspecified atom stereocenters. The molecule has 0 aromatic heterocycles. The molecule has 0 saturated carbocycles. The van der Waals surface area contributed by atoms with E-state index < -0.39 is 40.0 Å². The van der Waals surface area contributed by atoms with Crippen LogP contribution in [0.25, 0.3) is 0 Å². The largest absolute Gasteiger partial charge is 0.417 e. The molecule has 28 heavy (non-hydrogen) atoms. The van der Waals surface area contributed by atoms with Crippen LogP contribution < -0.4 is 9.73 Å². The normalized spacial score (nSPS) is 12.2. The Morgan fingerprint density at radius 1 is 1.18 bits per heavy atom. The third-order valence-corrected chi connectivity index (χ3v) is 4.58. The number of benzene rings is 2. The van der Waals surface area contributed by atoms with Gasteiger partial charge in [-0.05, 0) is 24.3 Å². The second kappa shape index (κ2) is 8.38. The number of halogens is 4. The Kier molecular flexibility index (Phi) is 6.39. The molecule has 0 radical (unpaired) electrons. The van der Waals surface area contributed by atoms with E-state index in [0.29, 0.717) is 4.31 Å². The predicted octanol–water partition coefficient (Wildman–Crippen LogP) is 2.76. The number of hydrogen-bond donors (Lipinski definition) is 1. The minimum absolute atomic E-state index is 0.0796. The maximum absolute atomic E-state index is 13.3. The van der Waals surface area contributed by atoms with Crippen LogP contribution in [0.1, 0.15) is 11.1 Å². The van der Waals surface area contributed by atoms with Gasteiger partial charge in [0.2, 0.25) is 10.0 Å². The molecule has 1 N–H and O–H groups in total. The van der Waals surface area contributed by atoms with Gasteiger partial charge in [-0.1, -0.05) is 24.3 Å². The molecule has 2 aromatic carbocycles. The second-order valence-corrected chi connectivity index (χ2v) is 7.53. The summed E-state index contributed by atoms with van der Waals surface area (Å²) in [7, 11) is -3.93. The summed E-state index contributed by atoms with van der Waals surface area (Å²) in [5.41, 5.74) is 0.664. The van der Waals surface area contributed by atoms with Crippen molar-refractivity contribution in [2.24, 2.45) is 5.10 Å². The fourth-order valence-electron chi connectivity index (χ4n) is 2.24. The van der Waals surface area contributed by atoms with Crippen LogP contribution in [0.15, 0.2) is 53.6 Å². The van der Waals surface area contributed by atoms with Crippen molar-refractivity contribution in [3.8, 4) is 0 Å². The van der Waals surface area contributed by atoms with Crippen molar-refractivity contribution in [3.05, 3.63) is 65.5 Å². The lowest BCUT2D eigenvalue weighted by Gasteiger charge is -2.21. The van der Waals surface area contributed by atoms with Crippen LogP contribution in [0.4, 0.5) is 23.2 Å². The number of alkyl halides is 3. The topological polar surface area (TPSA) is 78.8 Å². The Morgan fingerprint density at radius 2 is 1.86 bits per heavy atom. The lowest BCUT2D eigenvalue weighted by atomic mass is 10.1. The van der Waals surface area contributed by atoms with Gasteiger partial charge in [-0.25, -0.2) is 18.2 Å². The minimum Gasteiger partial charge on any atom is -0.271 e. The molecule has 0 atom stereocenters. The average molecular weight is 417 g/mol. The number of nitrogens with one attached hydrogen (secondary N) is 1. The third-order valence-electron chi connectivity index (χ3n) is 3.44. The zero-order valence-corrected chi connectivity index (χ0v) is 15.3. The molecule has 0 saturated heterocycles. The van der Waals surface area contributed by atoms with Crippen LogP contribution in [-0.2, 0) is 21.0 Å². The van der Waals surface area contributed by atoms with Gasteiger partial charge in [-0.2, -0.15) is 18.3 Å². The van der Waals surface area contributed by atoms with E-state index in [1.165, 1.54) is 24.3 Å². The summed E-state index contributed by atoms with van der Waals surface area (Å²) in [5.74, 6) is -1.62. The van der Waals surface area contributed by atoms with E-state index >= 15 is 0 Å². The third kappa shape index (κ3) is 5.78. The zero-order chi connectivity index (χ0) is 20.9. The molecule has 1 amide bonds. The molecule has 2 aromatic rings. The molecule has 6 nitrogen and oxygen atoms in total. The highest BCUT2D eigenvalue weighted by Gasteiger charge is 2.32. The van der Waals surface area contributed by atoms with E-state index in [4.69, 9.17) is 0 Å². The van der Waals surface area contributed by atoms with Crippen molar-refractivity contribution in [2.45, 2.75) is 6.18 Å². The highest BCUT2D eigenvalue weighted by molar-refractivity contribution is 7.92. The minimum atomic E-state index is -4.60. The van der Waals surface area contributed by atoms with Crippen molar-refractivity contribution in [1.82, 2.24) is 5.43 Å². The second-order valence-electron chi connectivity index (χ2n) is 5.63. The summed E-state index contributed by atoms with van der Waals surface area (Å²) >= 11 is 0. The van der Waals surface area contributed by atoms with Crippen LogP contribution >= 0.6 is 0 Å². The number of hydrogen-bond acceptors (Lipinski definition) is 4. The average Bonchev–Trinajstić information content (AvgIpc) is 2.58.